The summed E-state index contributed by atoms with van der Waals surface area (Å²) in [5.74, 6) is 0.892. The van der Waals surface area contributed by atoms with Gasteiger partial charge in [-0.2, -0.15) is 5.10 Å². The van der Waals surface area contributed by atoms with Crippen molar-refractivity contribution < 1.29 is 0 Å². The van der Waals surface area contributed by atoms with Gasteiger partial charge in [-0.1, -0.05) is 50.6 Å². The monoisotopic (exact) mass is 311 g/mol. The lowest BCUT2D eigenvalue weighted by Crippen LogP contribution is -2.34. The van der Waals surface area contributed by atoms with Gasteiger partial charge in [0.05, 0.1) is 5.69 Å². The Morgan fingerprint density at radius 1 is 1.33 bits per heavy atom. The van der Waals surface area contributed by atoms with Crippen LogP contribution in [0.3, 0.4) is 0 Å². The standard InChI is InChI=1S/C17H30ClN3/c1-4-10-19-15(11-14-8-6-5-7-9-14)12-16-13(2)20-21(3)17(16)18/h14-15,19H,4-12H2,1-3H3. The Labute approximate surface area is 134 Å². The third kappa shape index (κ3) is 4.72. The largest absolute Gasteiger partial charge is 0.314 e. The molecule has 3 nitrogen and oxygen atoms in total. The van der Waals surface area contributed by atoms with Crippen LogP contribution < -0.4 is 5.32 Å². The number of aromatic nitrogens is 2. The number of nitrogens with one attached hydrogen (secondary N) is 1. The second kappa shape index (κ2) is 8.19. The van der Waals surface area contributed by atoms with E-state index in [0.717, 1.165) is 29.7 Å². The maximum atomic E-state index is 6.41. The molecule has 1 atom stereocenters. The van der Waals surface area contributed by atoms with Crippen molar-refractivity contribution in [2.24, 2.45) is 13.0 Å². The van der Waals surface area contributed by atoms with E-state index in [-0.39, 0.29) is 0 Å². The molecule has 0 amide bonds. The highest BCUT2D eigenvalue weighted by atomic mass is 35.5. The van der Waals surface area contributed by atoms with Gasteiger partial charge >= 0.3 is 0 Å². The van der Waals surface area contributed by atoms with Crippen LogP contribution in [-0.4, -0.2) is 22.4 Å². The maximum Gasteiger partial charge on any atom is 0.130 e. The molecular formula is C17H30ClN3. The predicted octanol–water partition coefficient (Wildman–Crippen LogP) is 4.26. The minimum atomic E-state index is 0.536. The van der Waals surface area contributed by atoms with Gasteiger partial charge in [-0.15, -0.1) is 0 Å². The van der Waals surface area contributed by atoms with Crippen LogP contribution in [0.5, 0.6) is 0 Å². The van der Waals surface area contributed by atoms with Crippen molar-refractivity contribution in [1.82, 2.24) is 15.1 Å². The van der Waals surface area contributed by atoms with Gasteiger partial charge in [-0.25, -0.2) is 0 Å². The SMILES string of the molecule is CCCNC(Cc1c(C)nn(C)c1Cl)CC1CCCCC1. The summed E-state index contributed by atoms with van der Waals surface area (Å²) < 4.78 is 1.80. The summed E-state index contributed by atoms with van der Waals surface area (Å²) in [7, 11) is 1.93. The highest BCUT2D eigenvalue weighted by Gasteiger charge is 2.21. The molecule has 0 aliphatic heterocycles. The lowest BCUT2D eigenvalue weighted by molar-refractivity contribution is 0.296. The highest BCUT2D eigenvalue weighted by molar-refractivity contribution is 6.30. The molecule has 4 heteroatoms. The molecule has 0 bridgehead atoms. The summed E-state index contributed by atoms with van der Waals surface area (Å²) in [5.41, 5.74) is 2.30. The Morgan fingerprint density at radius 2 is 2.05 bits per heavy atom. The average Bonchev–Trinajstić information content (AvgIpc) is 2.72. The van der Waals surface area contributed by atoms with Gasteiger partial charge in [0.25, 0.3) is 0 Å². The van der Waals surface area contributed by atoms with Crippen LogP contribution in [0.1, 0.15) is 63.1 Å². The van der Waals surface area contributed by atoms with E-state index < -0.39 is 0 Å². The quantitative estimate of drug-likeness (QED) is 0.815. The van der Waals surface area contributed by atoms with E-state index in [1.807, 2.05) is 7.05 Å². The topological polar surface area (TPSA) is 29.9 Å². The molecule has 1 fully saturated rings. The molecule has 1 aromatic rings. The molecule has 0 spiro atoms. The first kappa shape index (κ1) is 16.8. The third-order valence-electron chi connectivity index (χ3n) is 4.75. The van der Waals surface area contributed by atoms with Gasteiger partial charge in [0.1, 0.15) is 5.15 Å². The fourth-order valence-electron chi connectivity index (χ4n) is 3.56. The number of hydrogen-bond acceptors (Lipinski definition) is 2. The van der Waals surface area contributed by atoms with E-state index in [9.17, 15) is 0 Å². The van der Waals surface area contributed by atoms with Gasteiger partial charge in [0.15, 0.2) is 0 Å². The number of rotatable bonds is 7. The van der Waals surface area contributed by atoms with Crippen molar-refractivity contribution in [3.63, 3.8) is 0 Å². The summed E-state index contributed by atoms with van der Waals surface area (Å²) in [5, 5.41) is 8.99. The van der Waals surface area contributed by atoms with Crippen molar-refractivity contribution in [1.29, 1.82) is 0 Å². The zero-order valence-electron chi connectivity index (χ0n) is 13.8. The second-order valence-electron chi connectivity index (χ2n) is 6.57. The molecule has 1 heterocycles. The number of nitrogens with zero attached hydrogens (tertiary/aromatic N) is 2. The highest BCUT2D eigenvalue weighted by Crippen LogP contribution is 2.29. The Balaban J connectivity index is 2.00. The molecule has 0 saturated heterocycles. The van der Waals surface area contributed by atoms with E-state index in [4.69, 9.17) is 11.6 Å². The first-order valence-electron chi connectivity index (χ1n) is 8.53. The van der Waals surface area contributed by atoms with Gasteiger partial charge in [-0.3, -0.25) is 4.68 Å². The van der Waals surface area contributed by atoms with Crippen molar-refractivity contribution >= 4 is 11.6 Å². The summed E-state index contributed by atoms with van der Waals surface area (Å²) in [4.78, 5) is 0. The molecule has 120 valence electrons. The molecule has 1 saturated carbocycles. The fraction of sp³-hybridized carbons (Fsp3) is 0.824. The molecule has 0 radical (unpaired) electrons. The van der Waals surface area contributed by atoms with Crippen LogP contribution in [0.2, 0.25) is 5.15 Å². The second-order valence-corrected chi connectivity index (χ2v) is 6.93. The van der Waals surface area contributed by atoms with Crippen molar-refractivity contribution in [3.8, 4) is 0 Å². The van der Waals surface area contributed by atoms with Gasteiger partial charge in [-0.05, 0) is 38.6 Å². The maximum absolute atomic E-state index is 6.41. The average molecular weight is 312 g/mol. The number of halogens is 1. The first-order valence-corrected chi connectivity index (χ1v) is 8.91. The molecule has 2 rings (SSSR count). The zero-order chi connectivity index (χ0) is 15.2. The Morgan fingerprint density at radius 3 is 2.62 bits per heavy atom. The van der Waals surface area contributed by atoms with Crippen molar-refractivity contribution in [2.45, 2.75) is 71.3 Å². The van der Waals surface area contributed by atoms with E-state index in [2.05, 4.69) is 24.3 Å². The smallest absolute Gasteiger partial charge is 0.130 e. The van der Waals surface area contributed by atoms with E-state index in [0.29, 0.717) is 6.04 Å². The lowest BCUT2D eigenvalue weighted by Gasteiger charge is -2.27. The Bertz CT molecular complexity index is 435. The molecule has 1 N–H and O–H groups in total. The molecule has 0 aromatic carbocycles. The summed E-state index contributed by atoms with van der Waals surface area (Å²) in [6.07, 6.45) is 10.5. The number of aryl methyl sites for hydroxylation is 2. The fourth-order valence-corrected chi connectivity index (χ4v) is 3.82. The summed E-state index contributed by atoms with van der Waals surface area (Å²) >= 11 is 6.41. The predicted molar refractivity (Wildman–Crippen MR) is 89.9 cm³/mol. The summed E-state index contributed by atoms with van der Waals surface area (Å²) in [6.45, 7) is 5.39. The lowest BCUT2D eigenvalue weighted by atomic mass is 9.83. The van der Waals surface area contributed by atoms with E-state index in [1.165, 1.54) is 50.5 Å². The van der Waals surface area contributed by atoms with Crippen LogP contribution >= 0.6 is 11.6 Å². The first-order chi connectivity index (χ1) is 10.1. The van der Waals surface area contributed by atoms with Crippen LogP contribution in [0, 0.1) is 12.8 Å². The zero-order valence-corrected chi connectivity index (χ0v) is 14.5. The van der Waals surface area contributed by atoms with Crippen molar-refractivity contribution in [2.75, 3.05) is 6.54 Å². The van der Waals surface area contributed by atoms with Crippen LogP contribution in [0.15, 0.2) is 0 Å². The van der Waals surface area contributed by atoms with E-state index in [1.54, 1.807) is 4.68 Å². The Hall–Kier alpha value is -0.540. The van der Waals surface area contributed by atoms with Crippen LogP contribution in [0.4, 0.5) is 0 Å². The van der Waals surface area contributed by atoms with Crippen LogP contribution in [-0.2, 0) is 13.5 Å². The molecule has 1 aliphatic carbocycles. The minimum Gasteiger partial charge on any atom is -0.314 e. The van der Waals surface area contributed by atoms with Crippen LogP contribution in [0.25, 0.3) is 0 Å². The van der Waals surface area contributed by atoms with Gasteiger partial charge < -0.3 is 5.32 Å². The minimum absolute atomic E-state index is 0.536. The van der Waals surface area contributed by atoms with Gasteiger partial charge in [0.2, 0.25) is 0 Å². The Kier molecular flexibility index (Phi) is 6.56. The molecule has 1 aromatic heterocycles. The summed E-state index contributed by atoms with van der Waals surface area (Å²) in [6, 6.07) is 0.536. The third-order valence-corrected chi connectivity index (χ3v) is 5.22. The van der Waals surface area contributed by atoms with E-state index >= 15 is 0 Å². The van der Waals surface area contributed by atoms with Gasteiger partial charge in [0, 0.05) is 18.7 Å². The molecule has 1 aliphatic rings. The molecule has 1 unspecified atom stereocenters. The molecular weight excluding hydrogens is 282 g/mol. The molecule has 21 heavy (non-hydrogen) atoms. The normalized spacial score (nSPS) is 18.1. The van der Waals surface area contributed by atoms with Crippen molar-refractivity contribution in [3.05, 3.63) is 16.4 Å². The number of hydrogen-bond donors (Lipinski definition) is 1.